The molecule has 0 amide bonds. The van der Waals surface area contributed by atoms with Gasteiger partial charge in [0.2, 0.25) is 5.16 Å². The van der Waals surface area contributed by atoms with Crippen molar-refractivity contribution in [3.8, 4) is 0 Å². The van der Waals surface area contributed by atoms with E-state index >= 15 is 0 Å². The number of nitrogens with zero attached hydrogens (tertiary/aromatic N) is 3. The van der Waals surface area contributed by atoms with Gasteiger partial charge in [0.25, 0.3) is 0 Å². The first-order chi connectivity index (χ1) is 8.74. The van der Waals surface area contributed by atoms with Crippen LogP contribution in [0.5, 0.6) is 0 Å². The Hall–Kier alpha value is -1.49. The first-order valence-electron chi connectivity index (χ1n) is 6.13. The summed E-state index contributed by atoms with van der Waals surface area (Å²) < 4.78 is 1.65. The minimum absolute atomic E-state index is 0.538. The van der Waals surface area contributed by atoms with Crippen LogP contribution in [0, 0.1) is 6.92 Å². The summed E-state index contributed by atoms with van der Waals surface area (Å²) in [6, 6.07) is 8.53. The van der Waals surface area contributed by atoms with Gasteiger partial charge in [-0.3, -0.25) is 0 Å². The Kier molecular flexibility index (Phi) is 2.99. The third-order valence-electron chi connectivity index (χ3n) is 3.12. The minimum atomic E-state index is 0.538. The van der Waals surface area contributed by atoms with E-state index in [1.165, 1.54) is 24.0 Å². The number of hydrogen-bond donors (Lipinski definition) is 1. The molecule has 18 heavy (non-hydrogen) atoms. The first-order valence-corrected chi connectivity index (χ1v) is 7.11. The monoisotopic (exact) mass is 260 g/mol. The van der Waals surface area contributed by atoms with Crippen LogP contribution in [0.25, 0.3) is 0 Å². The zero-order valence-electron chi connectivity index (χ0n) is 10.3. The van der Waals surface area contributed by atoms with E-state index in [2.05, 4.69) is 41.4 Å². The predicted octanol–water partition coefficient (Wildman–Crippen LogP) is 2.47. The highest BCUT2D eigenvalue weighted by molar-refractivity contribution is 7.98. The van der Waals surface area contributed by atoms with Gasteiger partial charge < -0.3 is 5.84 Å². The predicted molar refractivity (Wildman–Crippen MR) is 72.9 cm³/mol. The molecule has 5 heteroatoms. The zero-order valence-corrected chi connectivity index (χ0v) is 11.2. The number of rotatable bonds is 4. The van der Waals surface area contributed by atoms with Gasteiger partial charge in [0.15, 0.2) is 5.82 Å². The number of nitrogen functional groups attached to an aromatic ring is 1. The zero-order chi connectivity index (χ0) is 12.5. The number of benzene rings is 1. The fourth-order valence-electron chi connectivity index (χ4n) is 1.84. The molecule has 0 aliphatic heterocycles. The maximum absolute atomic E-state index is 6.00. The largest absolute Gasteiger partial charge is 0.336 e. The molecule has 0 spiro atoms. The second-order valence-corrected chi connectivity index (χ2v) is 5.70. The Bertz CT molecular complexity index is 543. The van der Waals surface area contributed by atoms with Crippen molar-refractivity contribution < 1.29 is 0 Å². The normalized spacial score (nSPS) is 14.9. The maximum Gasteiger partial charge on any atom is 0.210 e. The van der Waals surface area contributed by atoms with Crippen LogP contribution >= 0.6 is 11.8 Å². The van der Waals surface area contributed by atoms with E-state index in [0.717, 1.165) is 16.7 Å². The van der Waals surface area contributed by atoms with E-state index in [9.17, 15) is 0 Å². The molecule has 0 radical (unpaired) electrons. The van der Waals surface area contributed by atoms with Gasteiger partial charge in [-0.2, -0.15) is 0 Å². The molecule has 4 nitrogen and oxygen atoms in total. The molecule has 2 N–H and O–H groups in total. The quantitative estimate of drug-likeness (QED) is 0.677. The SMILES string of the molecule is Cc1ccc(CSc2nnc(C3CC3)n2N)cc1. The average Bonchev–Trinajstić information content (AvgIpc) is 3.14. The van der Waals surface area contributed by atoms with Crippen LogP contribution in [-0.4, -0.2) is 14.9 Å². The maximum atomic E-state index is 6.00. The van der Waals surface area contributed by atoms with E-state index in [1.807, 2.05) is 0 Å². The lowest BCUT2D eigenvalue weighted by atomic mass is 10.2. The van der Waals surface area contributed by atoms with Crippen LogP contribution in [0.3, 0.4) is 0 Å². The van der Waals surface area contributed by atoms with E-state index in [0.29, 0.717) is 5.92 Å². The average molecular weight is 260 g/mol. The molecule has 1 fully saturated rings. The number of aryl methyl sites for hydroxylation is 1. The van der Waals surface area contributed by atoms with Crippen molar-refractivity contribution in [3.05, 3.63) is 41.2 Å². The van der Waals surface area contributed by atoms with Crippen LogP contribution in [0.4, 0.5) is 0 Å². The molecule has 1 saturated carbocycles. The molecule has 1 aliphatic carbocycles. The highest BCUT2D eigenvalue weighted by atomic mass is 32.2. The van der Waals surface area contributed by atoms with Gasteiger partial charge in [0.05, 0.1) is 0 Å². The Morgan fingerprint density at radius 3 is 2.67 bits per heavy atom. The summed E-state index contributed by atoms with van der Waals surface area (Å²) in [5.41, 5.74) is 2.56. The fraction of sp³-hybridized carbons (Fsp3) is 0.385. The fourth-order valence-corrected chi connectivity index (χ4v) is 2.66. The lowest BCUT2D eigenvalue weighted by Gasteiger charge is -2.03. The molecule has 94 valence electrons. The van der Waals surface area contributed by atoms with E-state index in [-0.39, 0.29) is 0 Å². The van der Waals surface area contributed by atoms with Crippen molar-refractivity contribution in [2.45, 2.75) is 36.6 Å². The lowest BCUT2D eigenvalue weighted by Crippen LogP contribution is -2.13. The Morgan fingerprint density at radius 1 is 1.28 bits per heavy atom. The van der Waals surface area contributed by atoms with E-state index in [4.69, 9.17) is 5.84 Å². The van der Waals surface area contributed by atoms with Crippen molar-refractivity contribution in [3.63, 3.8) is 0 Å². The summed E-state index contributed by atoms with van der Waals surface area (Å²) in [5.74, 6) is 8.35. The Labute approximate surface area is 111 Å². The van der Waals surface area contributed by atoms with Crippen molar-refractivity contribution in [1.82, 2.24) is 14.9 Å². The molecule has 1 aromatic heterocycles. The first kappa shape index (κ1) is 11.6. The Balaban J connectivity index is 1.67. The van der Waals surface area contributed by atoms with Gasteiger partial charge in [-0.05, 0) is 25.3 Å². The van der Waals surface area contributed by atoms with Crippen LogP contribution in [-0.2, 0) is 5.75 Å². The Morgan fingerprint density at radius 2 is 2.00 bits per heavy atom. The molecule has 2 aromatic rings. The summed E-state index contributed by atoms with van der Waals surface area (Å²) >= 11 is 1.64. The van der Waals surface area contributed by atoms with Gasteiger partial charge in [-0.1, -0.05) is 41.6 Å². The molecular weight excluding hydrogens is 244 g/mol. The number of hydrogen-bond acceptors (Lipinski definition) is 4. The van der Waals surface area contributed by atoms with Crippen LogP contribution < -0.4 is 5.84 Å². The number of aromatic nitrogens is 3. The second kappa shape index (κ2) is 4.65. The molecule has 3 rings (SSSR count). The van der Waals surface area contributed by atoms with Gasteiger partial charge in [-0.25, -0.2) is 4.68 Å². The molecule has 1 aliphatic rings. The standard InChI is InChI=1S/C13H16N4S/c1-9-2-4-10(5-3-9)8-18-13-16-15-12(17(13)14)11-6-7-11/h2-5,11H,6-8,14H2,1H3. The van der Waals surface area contributed by atoms with Crippen molar-refractivity contribution in [2.75, 3.05) is 5.84 Å². The summed E-state index contributed by atoms with van der Waals surface area (Å²) in [6.07, 6.45) is 2.38. The molecule has 0 saturated heterocycles. The summed E-state index contributed by atoms with van der Waals surface area (Å²) in [7, 11) is 0. The van der Waals surface area contributed by atoms with E-state index in [1.54, 1.807) is 16.4 Å². The number of thioether (sulfide) groups is 1. The van der Waals surface area contributed by atoms with Crippen molar-refractivity contribution >= 4 is 11.8 Å². The highest BCUT2D eigenvalue weighted by Gasteiger charge is 2.29. The van der Waals surface area contributed by atoms with Crippen LogP contribution in [0.15, 0.2) is 29.4 Å². The molecule has 1 aromatic carbocycles. The molecule has 0 unspecified atom stereocenters. The van der Waals surface area contributed by atoms with Crippen LogP contribution in [0.1, 0.15) is 35.7 Å². The molecule has 1 heterocycles. The third kappa shape index (κ3) is 2.36. The highest BCUT2D eigenvalue weighted by Crippen LogP contribution is 2.39. The molecule has 0 bridgehead atoms. The topological polar surface area (TPSA) is 56.7 Å². The minimum Gasteiger partial charge on any atom is -0.336 e. The van der Waals surface area contributed by atoms with Crippen molar-refractivity contribution in [1.29, 1.82) is 0 Å². The van der Waals surface area contributed by atoms with Gasteiger partial charge in [-0.15, -0.1) is 10.2 Å². The van der Waals surface area contributed by atoms with Crippen molar-refractivity contribution in [2.24, 2.45) is 0 Å². The smallest absolute Gasteiger partial charge is 0.210 e. The lowest BCUT2D eigenvalue weighted by molar-refractivity contribution is 0.790. The van der Waals surface area contributed by atoms with Gasteiger partial charge in [0.1, 0.15) is 0 Å². The van der Waals surface area contributed by atoms with Gasteiger partial charge >= 0.3 is 0 Å². The van der Waals surface area contributed by atoms with Crippen LogP contribution in [0.2, 0.25) is 0 Å². The summed E-state index contributed by atoms with van der Waals surface area (Å²) in [5, 5.41) is 9.13. The molecule has 0 atom stereocenters. The number of nitrogens with two attached hydrogens (primary N) is 1. The third-order valence-corrected chi connectivity index (χ3v) is 4.14. The second-order valence-electron chi connectivity index (χ2n) is 4.76. The van der Waals surface area contributed by atoms with E-state index < -0.39 is 0 Å². The summed E-state index contributed by atoms with van der Waals surface area (Å²) in [4.78, 5) is 0. The summed E-state index contributed by atoms with van der Waals surface area (Å²) in [6.45, 7) is 2.09. The molecular formula is C13H16N4S. The van der Waals surface area contributed by atoms with Gasteiger partial charge in [0, 0.05) is 11.7 Å².